The van der Waals surface area contributed by atoms with Gasteiger partial charge in [0.2, 0.25) is 5.91 Å². The number of carbonyl (C=O) groups excluding carboxylic acids is 1. The Labute approximate surface area is 141 Å². The Morgan fingerprint density at radius 3 is 2.58 bits per heavy atom. The van der Waals surface area contributed by atoms with Crippen LogP contribution in [0.5, 0.6) is 0 Å². The number of nitrogens with zero attached hydrogens (tertiary/aromatic N) is 7. The molecule has 1 saturated heterocycles. The van der Waals surface area contributed by atoms with E-state index in [0.29, 0.717) is 19.6 Å². The normalized spacial score (nSPS) is 14.8. The molecule has 0 spiro atoms. The first-order valence-corrected chi connectivity index (χ1v) is 8.06. The van der Waals surface area contributed by atoms with Gasteiger partial charge in [-0.2, -0.15) is 5.10 Å². The number of anilines is 2. The van der Waals surface area contributed by atoms with Gasteiger partial charge in [0.05, 0.1) is 0 Å². The number of hydrogen-bond acceptors (Lipinski definition) is 6. The standard InChI is InChI=1S/C16H23N7O/c1-13-18-14(20(2)3)11-15(19-13)21-7-9-22(10-8-21)16(24)12-23-6-4-5-17-23/h4-6,11H,7-10,12H2,1-3H3. The van der Waals surface area contributed by atoms with Crippen molar-refractivity contribution in [2.24, 2.45) is 0 Å². The maximum Gasteiger partial charge on any atom is 0.244 e. The van der Waals surface area contributed by atoms with Crippen molar-refractivity contribution in [3.8, 4) is 0 Å². The quantitative estimate of drug-likeness (QED) is 0.808. The van der Waals surface area contributed by atoms with Crippen LogP contribution in [0.4, 0.5) is 11.6 Å². The van der Waals surface area contributed by atoms with E-state index in [0.717, 1.165) is 30.5 Å². The highest BCUT2D eigenvalue weighted by Gasteiger charge is 2.22. The van der Waals surface area contributed by atoms with Crippen molar-refractivity contribution in [1.29, 1.82) is 0 Å². The molecular weight excluding hydrogens is 306 g/mol. The SMILES string of the molecule is Cc1nc(N(C)C)cc(N2CCN(C(=O)Cn3cccn3)CC2)n1. The molecule has 0 saturated carbocycles. The summed E-state index contributed by atoms with van der Waals surface area (Å²) in [4.78, 5) is 27.4. The predicted octanol–water partition coefficient (Wildman–Crippen LogP) is 0.396. The van der Waals surface area contributed by atoms with E-state index in [-0.39, 0.29) is 5.91 Å². The molecule has 128 valence electrons. The first kappa shape index (κ1) is 16.2. The van der Waals surface area contributed by atoms with Crippen molar-refractivity contribution >= 4 is 17.5 Å². The third-order valence-corrected chi connectivity index (χ3v) is 4.08. The Hall–Kier alpha value is -2.64. The third kappa shape index (κ3) is 3.64. The summed E-state index contributed by atoms with van der Waals surface area (Å²) in [5.74, 6) is 2.68. The Kier molecular flexibility index (Phi) is 4.64. The maximum absolute atomic E-state index is 12.3. The van der Waals surface area contributed by atoms with Gasteiger partial charge in [-0.1, -0.05) is 0 Å². The molecule has 2 aromatic heterocycles. The molecule has 0 unspecified atom stereocenters. The highest BCUT2D eigenvalue weighted by Crippen LogP contribution is 2.19. The van der Waals surface area contributed by atoms with Crippen molar-refractivity contribution in [1.82, 2.24) is 24.6 Å². The summed E-state index contributed by atoms with van der Waals surface area (Å²) in [7, 11) is 3.94. The van der Waals surface area contributed by atoms with E-state index in [1.807, 2.05) is 43.0 Å². The van der Waals surface area contributed by atoms with E-state index < -0.39 is 0 Å². The highest BCUT2D eigenvalue weighted by atomic mass is 16.2. The minimum atomic E-state index is 0.103. The lowest BCUT2D eigenvalue weighted by Gasteiger charge is -2.35. The molecule has 0 aromatic carbocycles. The smallest absolute Gasteiger partial charge is 0.244 e. The van der Waals surface area contributed by atoms with Crippen molar-refractivity contribution < 1.29 is 4.79 Å². The van der Waals surface area contributed by atoms with Gasteiger partial charge in [-0.3, -0.25) is 9.48 Å². The molecule has 0 atom stereocenters. The van der Waals surface area contributed by atoms with Crippen LogP contribution >= 0.6 is 0 Å². The van der Waals surface area contributed by atoms with Crippen LogP contribution in [-0.2, 0) is 11.3 Å². The van der Waals surface area contributed by atoms with E-state index in [1.165, 1.54) is 0 Å². The average Bonchev–Trinajstić information content (AvgIpc) is 3.07. The summed E-state index contributed by atoms with van der Waals surface area (Å²) in [6.45, 7) is 5.13. The van der Waals surface area contributed by atoms with Gasteiger partial charge in [-0.05, 0) is 13.0 Å². The number of piperazine rings is 1. The third-order valence-electron chi connectivity index (χ3n) is 4.08. The van der Waals surface area contributed by atoms with Crippen LogP contribution in [0.3, 0.4) is 0 Å². The zero-order valence-corrected chi connectivity index (χ0v) is 14.4. The molecular formula is C16H23N7O. The number of amides is 1. The van der Waals surface area contributed by atoms with Crippen LogP contribution in [-0.4, -0.2) is 70.8 Å². The molecule has 3 rings (SSSR count). The lowest BCUT2D eigenvalue weighted by Crippen LogP contribution is -2.50. The first-order valence-electron chi connectivity index (χ1n) is 8.06. The molecule has 8 nitrogen and oxygen atoms in total. The molecule has 1 fully saturated rings. The minimum absolute atomic E-state index is 0.103. The molecule has 1 aliphatic heterocycles. The Morgan fingerprint density at radius 1 is 1.21 bits per heavy atom. The topological polar surface area (TPSA) is 70.4 Å². The van der Waals surface area contributed by atoms with Gasteiger partial charge < -0.3 is 14.7 Å². The van der Waals surface area contributed by atoms with E-state index in [1.54, 1.807) is 17.1 Å². The fourth-order valence-electron chi connectivity index (χ4n) is 2.75. The number of rotatable bonds is 4. The van der Waals surface area contributed by atoms with E-state index >= 15 is 0 Å². The number of aryl methyl sites for hydroxylation is 1. The number of aromatic nitrogens is 4. The number of carbonyl (C=O) groups is 1. The summed E-state index contributed by atoms with van der Waals surface area (Å²) < 4.78 is 1.66. The second kappa shape index (κ2) is 6.86. The van der Waals surface area contributed by atoms with Gasteiger partial charge in [0.15, 0.2) is 0 Å². The van der Waals surface area contributed by atoms with E-state index in [4.69, 9.17) is 0 Å². The van der Waals surface area contributed by atoms with Crippen molar-refractivity contribution in [2.75, 3.05) is 50.1 Å². The monoisotopic (exact) mass is 329 g/mol. The zero-order valence-electron chi connectivity index (χ0n) is 14.4. The Morgan fingerprint density at radius 2 is 1.96 bits per heavy atom. The van der Waals surface area contributed by atoms with Crippen molar-refractivity contribution in [2.45, 2.75) is 13.5 Å². The summed E-state index contributed by atoms with van der Waals surface area (Å²) >= 11 is 0. The lowest BCUT2D eigenvalue weighted by atomic mass is 10.3. The van der Waals surface area contributed by atoms with Gasteiger partial charge in [-0.15, -0.1) is 0 Å². The summed E-state index contributed by atoms with van der Waals surface area (Å²) in [6.07, 6.45) is 3.49. The lowest BCUT2D eigenvalue weighted by molar-refractivity contribution is -0.132. The van der Waals surface area contributed by atoms with Gasteiger partial charge in [0, 0.05) is 58.7 Å². The van der Waals surface area contributed by atoms with Crippen molar-refractivity contribution in [3.63, 3.8) is 0 Å². The molecule has 0 radical (unpaired) electrons. The zero-order chi connectivity index (χ0) is 17.1. The van der Waals surface area contributed by atoms with Crippen LogP contribution in [0.2, 0.25) is 0 Å². The molecule has 8 heteroatoms. The molecule has 0 bridgehead atoms. The molecule has 24 heavy (non-hydrogen) atoms. The molecule has 1 aliphatic rings. The molecule has 1 amide bonds. The summed E-state index contributed by atoms with van der Waals surface area (Å²) in [5, 5.41) is 4.09. The Bertz CT molecular complexity index is 690. The molecule has 3 heterocycles. The summed E-state index contributed by atoms with van der Waals surface area (Å²) in [5.41, 5.74) is 0. The molecule has 0 aliphatic carbocycles. The van der Waals surface area contributed by atoms with E-state index in [9.17, 15) is 4.79 Å². The fourth-order valence-corrected chi connectivity index (χ4v) is 2.75. The average molecular weight is 329 g/mol. The largest absolute Gasteiger partial charge is 0.363 e. The van der Waals surface area contributed by atoms with Crippen LogP contribution in [0, 0.1) is 6.92 Å². The maximum atomic E-state index is 12.3. The Balaban J connectivity index is 1.61. The van der Waals surface area contributed by atoms with Crippen LogP contribution in [0.25, 0.3) is 0 Å². The second-order valence-electron chi connectivity index (χ2n) is 6.10. The molecule has 2 aromatic rings. The van der Waals surface area contributed by atoms with Gasteiger partial charge in [0.1, 0.15) is 24.0 Å². The van der Waals surface area contributed by atoms with Crippen LogP contribution in [0.15, 0.2) is 24.5 Å². The van der Waals surface area contributed by atoms with Gasteiger partial charge in [0.25, 0.3) is 0 Å². The summed E-state index contributed by atoms with van der Waals surface area (Å²) in [6, 6.07) is 3.82. The first-order chi connectivity index (χ1) is 11.5. The second-order valence-corrected chi connectivity index (χ2v) is 6.10. The highest BCUT2D eigenvalue weighted by molar-refractivity contribution is 5.76. The van der Waals surface area contributed by atoms with E-state index in [2.05, 4.69) is 20.0 Å². The fraction of sp³-hybridized carbons (Fsp3) is 0.500. The van der Waals surface area contributed by atoms with Crippen LogP contribution in [0.1, 0.15) is 5.82 Å². The predicted molar refractivity (Wildman–Crippen MR) is 92.1 cm³/mol. The van der Waals surface area contributed by atoms with Crippen molar-refractivity contribution in [3.05, 3.63) is 30.4 Å². The van der Waals surface area contributed by atoms with Gasteiger partial charge in [-0.25, -0.2) is 9.97 Å². The van der Waals surface area contributed by atoms with Crippen LogP contribution < -0.4 is 9.80 Å². The minimum Gasteiger partial charge on any atom is -0.363 e. The van der Waals surface area contributed by atoms with Gasteiger partial charge >= 0.3 is 0 Å². The molecule has 0 N–H and O–H groups in total. The number of hydrogen-bond donors (Lipinski definition) is 0.